The smallest absolute Gasteiger partial charge is 0.228 e. The van der Waals surface area contributed by atoms with Crippen LogP contribution in [0.4, 0.5) is 0 Å². The monoisotopic (exact) mass is 495 g/mol. The third kappa shape index (κ3) is 9.70. The fourth-order valence-corrected chi connectivity index (χ4v) is 2.56. The van der Waals surface area contributed by atoms with Crippen LogP contribution in [0.3, 0.4) is 0 Å². The first kappa shape index (κ1) is 24.1. The minimum Gasteiger partial charge on any atom is -0.381 e. The number of nitrogens with zero attached hydrogens (tertiary/aromatic N) is 3. The second kappa shape index (κ2) is 14.1. The van der Waals surface area contributed by atoms with Crippen molar-refractivity contribution in [3.8, 4) is 0 Å². The van der Waals surface area contributed by atoms with Gasteiger partial charge in [0.15, 0.2) is 11.8 Å². The summed E-state index contributed by atoms with van der Waals surface area (Å²) in [5.41, 5.74) is 0. The lowest BCUT2D eigenvalue weighted by molar-refractivity contribution is 0.0893. The highest BCUT2D eigenvalue weighted by molar-refractivity contribution is 14.0. The molecule has 2 N–H and O–H groups in total. The molecule has 2 heterocycles. The number of hydrogen-bond donors (Lipinski definition) is 2. The predicted octanol–water partition coefficient (Wildman–Crippen LogP) is 2.35. The van der Waals surface area contributed by atoms with Gasteiger partial charge in [0.25, 0.3) is 0 Å². The minimum atomic E-state index is 0. The number of guanidine groups is 1. The maximum Gasteiger partial charge on any atom is 0.228 e. The van der Waals surface area contributed by atoms with E-state index in [0.29, 0.717) is 24.8 Å². The van der Waals surface area contributed by atoms with E-state index in [4.69, 9.17) is 14.0 Å². The molecule has 27 heavy (non-hydrogen) atoms. The summed E-state index contributed by atoms with van der Waals surface area (Å²) in [4.78, 5) is 8.95. The molecule has 0 aromatic carbocycles. The quantitative estimate of drug-likeness (QED) is 0.211. The number of aliphatic imine (C=N–C) groups is 1. The van der Waals surface area contributed by atoms with Crippen LogP contribution < -0.4 is 10.6 Å². The van der Waals surface area contributed by atoms with E-state index >= 15 is 0 Å². The Morgan fingerprint density at radius 2 is 2.22 bits per heavy atom. The van der Waals surface area contributed by atoms with Crippen LogP contribution >= 0.6 is 24.0 Å². The molecule has 1 aromatic heterocycles. The van der Waals surface area contributed by atoms with Gasteiger partial charge in [0.1, 0.15) is 0 Å². The van der Waals surface area contributed by atoms with E-state index < -0.39 is 0 Å². The molecule has 1 aliphatic rings. The normalized spacial score (nSPS) is 17.2. The molecule has 156 valence electrons. The molecule has 1 saturated heterocycles. The van der Waals surface area contributed by atoms with Gasteiger partial charge in [0.2, 0.25) is 5.89 Å². The van der Waals surface area contributed by atoms with Crippen molar-refractivity contribution < 1.29 is 14.0 Å². The van der Waals surface area contributed by atoms with Gasteiger partial charge in [-0.05, 0) is 19.8 Å². The summed E-state index contributed by atoms with van der Waals surface area (Å²) in [7, 11) is 0. The number of aromatic nitrogens is 2. The molecule has 0 radical (unpaired) electrons. The summed E-state index contributed by atoms with van der Waals surface area (Å²) in [6.45, 7) is 11.6. The molecule has 0 bridgehead atoms. The van der Waals surface area contributed by atoms with E-state index in [1.54, 1.807) is 0 Å². The van der Waals surface area contributed by atoms with Gasteiger partial charge in [0, 0.05) is 51.1 Å². The van der Waals surface area contributed by atoms with Crippen molar-refractivity contribution in [1.29, 1.82) is 0 Å². The van der Waals surface area contributed by atoms with Gasteiger partial charge >= 0.3 is 0 Å². The summed E-state index contributed by atoms with van der Waals surface area (Å²) in [5, 5.41) is 10.5. The zero-order valence-electron chi connectivity index (χ0n) is 16.7. The number of halogens is 1. The number of rotatable bonds is 11. The lowest BCUT2D eigenvalue weighted by Gasteiger charge is -2.11. The fraction of sp³-hybridized carbons (Fsp3) is 0.833. The third-order valence-corrected chi connectivity index (χ3v) is 4.07. The maximum absolute atomic E-state index is 5.70. The standard InChI is InChI=1S/C18H33N5O3.HI/c1-4-19-18(20-8-5-10-24-12-15-7-11-25-13-15)21-9-6-16-22-17(14(2)3)23-26-16;/h14-15H,4-13H2,1-3H3,(H2,19,20,21);1H. The Kier molecular flexibility index (Phi) is 12.6. The summed E-state index contributed by atoms with van der Waals surface area (Å²) < 4.78 is 16.3. The number of hydrogen-bond acceptors (Lipinski definition) is 6. The van der Waals surface area contributed by atoms with Crippen LogP contribution in [0, 0.1) is 5.92 Å². The summed E-state index contributed by atoms with van der Waals surface area (Å²) in [5.74, 6) is 3.06. The molecular formula is C18H34IN5O3. The van der Waals surface area contributed by atoms with E-state index in [0.717, 1.165) is 64.1 Å². The SMILES string of the molecule is CCNC(=NCCCOCC1CCOC1)NCCc1nc(C(C)C)no1.I. The Morgan fingerprint density at radius 3 is 2.89 bits per heavy atom. The van der Waals surface area contributed by atoms with Crippen molar-refractivity contribution in [1.82, 2.24) is 20.8 Å². The van der Waals surface area contributed by atoms with Gasteiger partial charge in [-0.2, -0.15) is 4.98 Å². The zero-order valence-corrected chi connectivity index (χ0v) is 19.0. The zero-order chi connectivity index (χ0) is 18.6. The second-order valence-electron chi connectivity index (χ2n) is 6.80. The Morgan fingerprint density at radius 1 is 1.37 bits per heavy atom. The van der Waals surface area contributed by atoms with E-state index in [2.05, 4.69) is 32.7 Å². The molecule has 1 unspecified atom stereocenters. The van der Waals surface area contributed by atoms with Crippen LogP contribution in [0.25, 0.3) is 0 Å². The average molecular weight is 495 g/mol. The van der Waals surface area contributed by atoms with Crippen LogP contribution in [0.1, 0.15) is 51.2 Å². The van der Waals surface area contributed by atoms with Crippen LogP contribution in [-0.2, 0) is 15.9 Å². The number of nitrogens with one attached hydrogen (secondary N) is 2. The maximum atomic E-state index is 5.70. The van der Waals surface area contributed by atoms with Gasteiger partial charge in [-0.3, -0.25) is 4.99 Å². The van der Waals surface area contributed by atoms with Gasteiger partial charge in [-0.1, -0.05) is 19.0 Å². The lowest BCUT2D eigenvalue weighted by Crippen LogP contribution is -2.38. The molecule has 0 amide bonds. The van der Waals surface area contributed by atoms with Crippen molar-refractivity contribution in [2.75, 3.05) is 46.1 Å². The van der Waals surface area contributed by atoms with Crippen LogP contribution in [0.2, 0.25) is 0 Å². The van der Waals surface area contributed by atoms with Gasteiger partial charge < -0.3 is 24.6 Å². The van der Waals surface area contributed by atoms with E-state index in [-0.39, 0.29) is 29.9 Å². The van der Waals surface area contributed by atoms with Gasteiger partial charge in [-0.15, -0.1) is 24.0 Å². The molecule has 0 aliphatic carbocycles. The van der Waals surface area contributed by atoms with Crippen molar-refractivity contribution in [3.05, 3.63) is 11.7 Å². The Bertz CT molecular complexity index is 533. The minimum absolute atomic E-state index is 0. The first-order chi connectivity index (χ1) is 12.7. The molecule has 2 rings (SSSR count). The molecule has 1 aromatic rings. The Balaban J connectivity index is 0.00000364. The van der Waals surface area contributed by atoms with E-state index in [1.807, 2.05) is 13.8 Å². The van der Waals surface area contributed by atoms with E-state index in [1.165, 1.54) is 0 Å². The Labute approximate surface area is 179 Å². The van der Waals surface area contributed by atoms with Crippen LogP contribution in [-0.4, -0.2) is 62.2 Å². The predicted molar refractivity (Wildman–Crippen MR) is 116 cm³/mol. The first-order valence-corrected chi connectivity index (χ1v) is 9.69. The van der Waals surface area contributed by atoms with Crippen molar-refractivity contribution in [2.24, 2.45) is 10.9 Å². The molecule has 1 fully saturated rings. The number of ether oxygens (including phenoxy) is 2. The largest absolute Gasteiger partial charge is 0.381 e. The van der Waals surface area contributed by atoms with Crippen molar-refractivity contribution in [3.63, 3.8) is 0 Å². The molecule has 1 atom stereocenters. The topological polar surface area (TPSA) is 93.8 Å². The Hall–Kier alpha value is -0.940. The van der Waals surface area contributed by atoms with Crippen molar-refractivity contribution >= 4 is 29.9 Å². The highest BCUT2D eigenvalue weighted by atomic mass is 127. The summed E-state index contributed by atoms with van der Waals surface area (Å²) >= 11 is 0. The third-order valence-electron chi connectivity index (χ3n) is 4.07. The fourth-order valence-electron chi connectivity index (χ4n) is 2.56. The van der Waals surface area contributed by atoms with Gasteiger partial charge in [0.05, 0.1) is 13.2 Å². The molecule has 0 saturated carbocycles. The van der Waals surface area contributed by atoms with Crippen molar-refractivity contribution in [2.45, 2.75) is 46.0 Å². The highest BCUT2D eigenvalue weighted by Gasteiger charge is 2.15. The summed E-state index contributed by atoms with van der Waals surface area (Å²) in [6.07, 6.45) is 2.70. The highest BCUT2D eigenvalue weighted by Crippen LogP contribution is 2.12. The second-order valence-corrected chi connectivity index (χ2v) is 6.80. The lowest BCUT2D eigenvalue weighted by atomic mass is 10.1. The molecule has 1 aliphatic heterocycles. The average Bonchev–Trinajstić information content (AvgIpc) is 3.29. The molecule has 0 spiro atoms. The van der Waals surface area contributed by atoms with Crippen LogP contribution in [0.5, 0.6) is 0 Å². The summed E-state index contributed by atoms with van der Waals surface area (Å²) in [6, 6.07) is 0. The molecule has 9 heteroatoms. The van der Waals surface area contributed by atoms with Crippen LogP contribution in [0.15, 0.2) is 9.52 Å². The molecular weight excluding hydrogens is 461 g/mol. The van der Waals surface area contributed by atoms with E-state index in [9.17, 15) is 0 Å². The first-order valence-electron chi connectivity index (χ1n) is 9.69. The van der Waals surface area contributed by atoms with Gasteiger partial charge in [-0.25, -0.2) is 0 Å². The molecule has 8 nitrogen and oxygen atoms in total.